The number of imidazole rings is 1. The van der Waals surface area contributed by atoms with Crippen molar-refractivity contribution in [2.24, 2.45) is 0 Å². The standard InChI is InChI=1S/C17H19FN8O6S/c18-8-1-2-9(10(19)3-8)16(28)25-33(30,31)24-4-11-13(27)17(29,5-32-11)26-7-23-12-14(20)21-6-22-15(12)26/h1-3,6-7,11,13,24,27,29H,4-5,19H2,(H,25,28)(H2,20,21,22)/t11-,13-,17-/m1/s1. The number of nitrogens with one attached hydrogen (secondary N) is 2. The van der Waals surface area contributed by atoms with Gasteiger partial charge in [0.15, 0.2) is 17.2 Å². The average molecular weight is 482 g/mol. The molecule has 0 unspecified atom stereocenters. The number of aromatic nitrogens is 4. The van der Waals surface area contributed by atoms with Crippen molar-refractivity contribution in [2.75, 3.05) is 24.6 Å². The van der Waals surface area contributed by atoms with Crippen LogP contribution in [0, 0.1) is 5.82 Å². The fourth-order valence-electron chi connectivity index (χ4n) is 3.37. The molecular formula is C17H19FN8O6S. The van der Waals surface area contributed by atoms with E-state index in [-0.39, 0.29) is 28.2 Å². The molecule has 0 aliphatic carbocycles. The van der Waals surface area contributed by atoms with E-state index >= 15 is 0 Å². The first-order valence-corrected chi connectivity index (χ1v) is 10.8. The molecule has 14 nitrogen and oxygen atoms in total. The smallest absolute Gasteiger partial charge is 0.301 e. The Morgan fingerprint density at radius 1 is 1.33 bits per heavy atom. The second-order valence-corrected chi connectivity index (χ2v) is 8.73. The Labute approximate surface area is 185 Å². The number of nitrogens with two attached hydrogens (primary N) is 2. The summed E-state index contributed by atoms with van der Waals surface area (Å²) < 4.78 is 47.9. The third kappa shape index (κ3) is 4.16. The highest BCUT2D eigenvalue weighted by Crippen LogP contribution is 2.32. The number of halogens is 1. The number of nitrogens with zero attached hydrogens (tertiary/aromatic N) is 4. The van der Waals surface area contributed by atoms with Gasteiger partial charge in [0.05, 0.1) is 18.5 Å². The largest absolute Gasteiger partial charge is 0.398 e. The molecule has 3 heterocycles. The molecule has 3 aromatic rings. The maximum atomic E-state index is 13.1. The van der Waals surface area contributed by atoms with E-state index in [2.05, 4.69) is 19.7 Å². The van der Waals surface area contributed by atoms with Gasteiger partial charge in [0.2, 0.25) is 0 Å². The number of anilines is 2. The van der Waals surface area contributed by atoms with Gasteiger partial charge in [-0.15, -0.1) is 0 Å². The summed E-state index contributed by atoms with van der Waals surface area (Å²) in [7, 11) is -4.43. The van der Waals surface area contributed by atoms with Gasteiger partial charge < -0.3 is 26.4 Å². The van der Waals surface area contributed by atoms with E-state index in [1.54, 1.807) is 4.72 Å². The van der Waals surface area contributed by atoms with Crippen LogP contribution in [-0.4, -0.2) is 69.4 Å². The van der Waals surface area contributed by atoms with Crippen LogP contribution in [0.25, 0.3) is 11.2 Å². The highest BCUT2D eigenvalue weighted by Gasteiger charge is 2.50. The predicted octanol–water partition coefficient (Wildman–Crippen LogP) is -2.20. The van der Waals surface area contributed by atoms with Crippen LogP contribution in [0.1, 0.15) is 10.4 Å². The van der Waals surface area contributed by atoms with Crippen molar-refractivity contribution in [3.63, 3.8) is 0 Å². The zero-order valence-corrected chi connectivity index (χ0v) is 17.5. The number of benzene rings is 1. The number of aliphatic hydroxyl groups is 2. The van der Waals surface area contributed by atoms with Crippen LogP contribution in [0.5, 0.6) is 0 Å². The van der Waals surface area contributed by atoms with Crippen LogP contribution in [0.2, 0.25) is 0 Å². The Kier molecular flexibility index (Phi) is 5.62. The number of carbonyl (C=O) groups excluding carboxylic acids is 1. The van der Waals surface area contributed by atoms with E-state index in [0.717, 1.165) is 29.1 Å². The lowest BCUT2D eigenvalue weighted by Crippen LogP contribution is -2.50. The predicted molar refractivity (Wildman–Crippen MR) is 111 cm³/mol. The minimum absolute atomic E-state index is 0.0672. The zero-order valence-electron chi connectivity index (χ0n) is 16.7. The molecule has 0 radical (unpaired) electrons. The van der Waals surface area contributed by atoms with Crippen molar-refractivity contribution in [1.29, 1.82) is 0 Å². The Balaban J connectivity index is 1.44. The first-order valence-electron chi connectivity index (χ1n) is 9.34. The van der Waals surface area contributed by atoms with Crippen molar-refractivity contribution >= 4 is 38.8 Å². The number of amides is 1. The molecule has 0 bridgehead atoms. The number of hydrogen-bond acceptors (Lipinski definition) is 11. The number of aliphatic hydroxyl groups excluding tert-OH is 1. The molecule has 16 heteroatoms. The molecular weight excluding hydrogens is 463 g/mol. The fourth-order valence-corrected chi connectivity index (χ4v) is 4.18. The van der Waals surface area contributed by atoms with Gasteiger partial charge in [-0.3, -0.25) is 9.36 Å². The Morgan fingerprint density at radius 3 is 2.82 bits per heavy atom. The van der Waals surface area contributed by atoms with Gasteiger partial charge in [0.25, 0.3) is 5.91 Å². The Hall–Kier alpha value is -3.44. The molecule has 176 valence electrons. The van der Waals surface area contributed by atoms with Crippen LogP contribution < -0.4 is 20.9 Å². The molecule has 1 aliphatic rings. The normalized spacial score (nSPS) is 23.1. The molecule has 0 spiro atoms. The third-order valence-electron chi connectivity index (χ3n) is 5.07. The van der Waals surface area contributed by atoms with Crippen molar-refractivity contribution in [3.8, 4) is 0 Å². The number of rotatable bonds is 6. The van der Waals surface area contributed by atoms with Crippen molar-refractivity contribution in [1.82, 2.24) is 29.0 Å². The van der Waals surface area contributed by atoms with Gasteiger partial charge >= 0.3 is 10.2 Å². The van der Waals surface area contributed by atoms with E-state index in [1.165, 1.54) is 6.33 Å². The van der Waals surface area contributed by atoms with Gasteiger partial charge in [-0.1, -0.05) is 0 Å². The number of nitrogen functional groups attached to an aromatic ring is 2. The van der Waals surface area contributed by atoms with Gasteiger partial charge in [-0.2, -0.15) is 13.1 Å². The summed E-state index contributed by atoms with van der Waals surface area (Å²) in [5.74, 6) is -1.71. The highest BCUT2D eigenvalue weighted by atomic mass is 32.2. The lowest BCUT2D eigenvalue weighted by molar-refractivity contribution is -0.107. The fraction of sp³-hybridized carbons (Fsp3) is 0.294. The quantitative estimate of drug-likeness (QED) is 0.207. The molecule has 3 atom stereocenters. The van der Waals surface area contributed by atoms with Crippen LogP contribution in [0.15, 0.2) is 30.9 Å². The first kappa shape index (κ1) is 22.7. The van der Waals surface area contributed by atoms with E-state index < -0.39 is 53.0 Å². The average Bonchev–Trinajstić information content (AvgIpc) is 3.30. The van der Waals surface area contributed by atoms with Crippen LogP contribution in [0.3, 0.4) is 0 Å². The lowest BCUT2D eigenvalue weighted by atomic mass is 10.1. The number of fused-ring (bicyclic) bond motifs is 1. The highest BCUT2D eigenvalue weighted by molar-refractivity contribution is 7.88. The lowest BCUT2D eigenvalue weighted by Gasteiger charge is -2.27. The molecule has 2 aromatic heterocycles. The molecule has 1 fully saturated rings. The van der Waals surface area contributed by atoms with E-state index in [0.29, 0.717) is 0 Å². The first-order chi connectivity index (χ1) is 15.5. The molecule has 0 saturated carbocycles. The second kappa shape index (κ2) is 8.16. The van der Waals surface area contributed by atoms with Crippen molar-refractivity contribution < 1.29 is 32.6 Å². The van der Waals surface area contributed by atoms with Gasteiger partial charge in [0.1, 0.15) is 29.9 Å². The van der Waals surface area contributed by atoms with E-state index in [1.807, 2.05) is 0 Å². The minimum Gasteiger partial charge on any atom is -0.398 e. The summed E-state index contributed by atoms with van der Waals surface area (Å²) in [4.78, 5) is 24.0. The summed E-state index contributed by atoms with van der Waals surface area (Å²) in [6, 6.07) is 2.86. The summed E-state index contributed by atoms with van der Waals surface area (Å²) in [6.45, 7) is -0.927. The number of hydrogen-bond donors (Lipinski definition) is 6. The Bertz CT molecular complexity index is 1330. The SMILES string of the molecule is Nc1cc(F)ccc1C(=O)NS(=O)(=O)NC[C@H]1OC[C@](O)(n2cnc3c(N)ncnc32)[C@@H]1O. The van der Waals surface area contributed by atoms with E-state index in [4.69, 9.17) is 16.2 Å². The number of carbonyl (C=O) groups is 1. The molecule has 1 amide bonds. The van der Waals surface area contributed by atoms with Crippen LogP contribution in [-0.2, 0) is 20.7 Å². The molecule has 8 N–H and O–H groups in total. The van der Waals surface area contributed by atoms with Gasteiger partial charge in [-0.25, -0.2) is 24.1 Å². The maximum absolute atomic E-state index is 13.1. The molecule has 33 heavy (non-hydrogen) atoms. The minimum atomic E-state index is -4.43. The molecule has 1 aromatic carbocycles. The summed E-state index contributed by atoms with van der Waals surface area (Å²) in [5.41, 5.74) is 9.07. The summed E-state index contributed by atoms with van der Waals surface area (Å²) >= 11 is 0. The zero-order chi connectivity index (χ0) is 24.0. The van der Waals surface area contributed by atoms with Crippen molar-refractivity contribution in [3.05, 3.63) is 42.2 Å². The van der Waals surface area contributed by atoms with Gasteiger partial charge in [-0.05, 0) is 18.2 Å². The molecule has 1 saturated heterocycles. The third-order valence-corrected chi connectivity index (χ3v) is 6.08. The topological polar surface area (TPSA) is 221 Å². The monoisotopic (exact) mass is 482 g/mol. The molecule has 4 rings (SSSR count). The maximum Gasteiger partial charge on any atom is 0.301 e. The molecule has 1 aliphatic heterocycles. The Morgan fingerprint density at radius 2 is 2.09 bits per heavy atom. The van der Waals surface area contributed by atoms with Crippen molar-refractivity contribution in [2.45, 2.75) is 17.9 Å². The summed E-state index contributed by atoms with van der Waals surface area (Å²) in [5, 5.41) is 21.7. The second-order valence-electron chi connectivity index (χ2n) is 7.23. The van der Waals surface area contributed by atoms with Crippen LogP contribution >= 0.6 is 0 Å². The van der Waals surface area contributed by atoms with Gasteiger partial charge in [0, 0.05) is 12.2 Å². The number of ether oxygens (including phenoxy) is 1. The van der Waals surface area contributed by atoms with E-state index in [9.17, 15) is 27.8 Å². The van der Waals surface area contributed by atoms with Crippen LogP contribution in [0.4, 0.5) is 15.9 Å². The summed E-state index contributed by atoms with van der Waals surface area (Å²) in [6.07, 6.45) is -0.461.